The minimum Gasteiger partial charge on any atom is -0.398 e. The molecule has 14 heavy (non-hydrogen) atoms. The number of anilines is 1. The van der Waals surface area contributed by atoms with Gasteiger partial charge in [0.05, 0.1) is 12.1 Å². The van der Waals surface area contributed by atoms with Crippen molar-refractivity contribution >= 4 is 16.6 Å². The van der Waals surface area contributed by atoms with Crippen LogP contribution in [0.4, 0.5) is 5.69 Å². The van der Waals surface area contributed by atoms with Crippen molar-refractivity contribution in [1.29, 1.82) is 0 Å². The first-order valence-corrected chi connectivity index (χ1v) is 4.47. The number of aromatic nitrogens is 1. The molecule has 0 unspecified atom stereocenters. The van der Waals surface area contributed by atoms with Crippen LogP contribution in [0, 0.1) is 6.92 Å². The van der Waals surface area contributed by atoms with Gasteiger partial charge in [0.2, 0.25) is 0 Å². The molecule has 72 valence electrons. The molecule has 1 aromatic carbocycles. The zero-order chi connectivity index (χ0) is 10.1. The summed E-state index contributed by atoms with van der Waals surface area (Å²) in [5.41, 5.74) is 9.21. The van der Waals surface area contributed by atoms with Crippen molar-refractivity contribution < 1.29 is 5.11 Å². The van der Waals surface area contributed by atoms with E-state index < -0.39 is 0 Å². The molecule has 1 aromatic heterocycles. The minimum atomic E-state index is -0.0668. The molecule has 0 radical (unpaired) electrons. The molecule has 2 rings (SSSR count). The Hall–Kier alpha value is -1.61. The average Bonchev–Trinajstić information content (AvgIpc) is 2.18. The van der Waals surface area contributed by atoms with Crippen LogP contribution in [-0.2, 0) is 6.61 Å². The summed E-state index contributed by atoms with van der Waals surface area (Å²) in [7, 11) is 0. The maximum Gasteiger partial charge on any atom is 0.0725 e. The zero-order valence-electron chi connectivity index (χ0n) is 7.99. The van der Waals surface area contributed by atoms with E-state index in [9.17, 15) is 0 Å². The lowest BCUT2D eigenvalue weighted by Crippen LogP contribution is -1.97. The molecule has 0 saturated heterocycles. The summed E-state index contributed by atoms with van der Waals surface area (Å²) in [4.78, 5) is 4.23. The van der Waals surface area contributed by atoms with Gasteiger partial charge >= 0.3 is 0 Å². The molecule has 0 atom stereocenters. The molecule has 0 aliphatic heterocycles. The molecule has 0 aliphatic carbocycles. The Kier molecular flexibility index (Phi) is 2.09. The van der Waals surface area contributed by atoms with Gasteiger partial charge in [-0.3, -0.25) is 4.98 Å². The summed E-state index contributed by atoms with van der Waals surface area (Å²) in [5.74, 6) is 0. The number of nitrogen functional groups attached to an aromatic ring is 1. The molecule has 2 aromatic rings. The highest BCUT2D eigenvalue weighted by Crippen LogP contribution is 2.23. The summed E-state index contributed by atoms with van der Waals surface area (Å²) in [6.45, 7) is 1.94. The van der Waals surface area contributed by atoms with Crippen LogP contribution < -0.4 is 5.73 Å². The first-order valence-electron chi connectivity index (χ1n) is 4.47. The van der Waals surface area contributed by atoms with E-state index in [0.717, 1.165) is 16.5 Å². The Morgan fingerprint density at radius 3 is 2.93 bits per heavy atom. The number of pyridine rings is 1. The summed E-state index contributed by atoms with van der Waals surface area (Å²) >= 11 is 0. The fourth-order valence-electron chi connectivity index (χ4n) is 1.49. The van der Waals surface area contributed by atoms with Gasteiger partial charge in [0.15, 0.2) is 0 Å². The first-order chi connectivity index (χ1) is 6.72. The standard InChI is InChI=1S/C11H12N2O/c1-7-2-3-9-10(4-7)13-5-8(6-14)11(9)12/h2-5,14H,6H2,1H3,(H2,12,13). The second-order valence-electron chi connectivity index (χ2n) is 3.38. The van der Waals surface area contributed by atoms with Crippen molar-refractivity contribution in [2.75, 3.05) is 5.73 Å². The van der Waals surface area contributed by atoms with Gasteiger partial charge < -0.3 is 10.8 Å². The van der Waals surface area contributed by atoms with Crippen molar-refractivity contribution in [2.24, 2.45) is 0 Å². The Morgan fingerprint density at radius 2 is 2.21 bits per heavy atom. The third-order valence-electron chi connectivity index (χ3n) is 2.32. The monoisotopic (exact) mass is 188 g/mol. The second kappa shape index (κ2) is 3.27. The molecule has 3 heteroatoms. The van der Waals surface area contributed by atoms with Crippen LogP contribution in [0.2, 0.25) is 0 Å². The lowest BCUT2D eigenvalue weighted by Gasteiger charge is -2.06. The summed E-state index contributed by atoms with van der Waals surface area (Å²) in [6, 6.07) is 5.90. The van der Waals surface area contributed by atoms with Crippen molar-refractivity contribution in [3.05, 3.63) is 35.5 Å². The van der Waals surface area contributed by atoms with E-state index in [1.54, 1.807) is 6.20 Å². The Morgan fingerprint density at radius 1 is 1.43 bits per heavy atom. The maximum atomic E-state index is 9.01. The number of benzene rings is 1. The number of aliphatic hydroxyl groups is 1. The van der Waals surface area contributed by atoms with Gasteiger partial charge in [0.1, 0.15) is 0 Å². The third-order valence-corrected chi connectivity index (χ3v) is 2.32. The Balaban J connectivity index is 2.77. The normalized spacial score (nSPS) is 10.7. The lowest BCUT2D eigenvalue weighted by atomic mass is 10.1. The quantitative estimate of drug-likeness (QED) is 0.714. The largest absolute Gasteiger partial charge is 0.398 e. The lowest BCUT2D eigenvalue weighted by molar-refractivity contribution is 0.282. The highest BCUT2D eigenvalue weighted by atomic mass is 16.3. The highest BCUT2D eigenvalue weighted by Gasteiger charge is 2.04. The number of nitrogens with zero attached hydrogens (tertiary/aromatic N) is 1. The van der Waals surface area contributed by atoms with Crippen LogP contribution in [0.15, 0.2) is 24.4 Å². The number of fused-ring (bicyclic) bond motifs is 1. The van der Waals surface area contributed by atoms with Crippen molar-refractivity contribution in [1.82, 2.24) is 4.98 Å². The number of hydrogen-bond donors (Lipinski definition) is 2. The fourth-order valence-corrected chi connectivity index (χ4v) is 1.49. The number of nitrogens with two attached hydrogens (primary N) is 1. The molecular formula is C11H12N2O. The summed E-state index contributed by atoms with van der Waals surface area (Å²) < 4.78 is 0. The van der Waals surface area contributed by atoms with Crippen LogP contribution in [0.1, 0.15) is 11.1 Å². The predicted molar refractivity (Wildman–Crippen MR) is 56.8 cm³/mol. The molecule has 3 N–H and O–H groups in total. The molecular weight excluding hydrogens is 176 g/mol. The fraction of sp³-hybridized carbons (Fsp3) is 0.182. The second-order valence-corrected chi connectivity index (χ2v) is 3.38. The number of aryl methyl sites for hydroxylation is 1. The van der Waals surface area contributed by atoms with Gasteiger partial charge in [-0.05, 0) is 18.6 Å². The summed E-state index contributed by atoms with van der Waals surface area (Å²) in [6.07, 6.45) is 1.62. The van der Waals surface area contributed by atoms with E-state index in [0.29, 0.717) is 11.3 Å². The smallest absolute Gasteiger partial charge is 0.0725 e. The Labute approximate surface area is 82.2 Å². The Bertz CT molecular complexity index is 480. The first kappa shape index (κ1) is 8.97. The van der Waals surface area contributed by atoms with E-state index in [1.807, 2.05) is 25.1 Å². The van der Waals surface area contributed by atoms with Gasteiger partial charge in [-0.1, -0.05) is 12.1 Å². The SMILES string of the molecule is Cc1ccc2c(N)c(CO)cnc2c1. The van der Waals surface area contributed by atoms with Crippen molar-refractivity contribution in [2.45, 2.75) is 13.5 Å². The van der Waals surface area contributed by atoms with Crippen LogP contribution in [0.5, 0.6) is 0 Å². The van der Waals surface area contributed by atoms with Gasteiger partial charge in [-0.25, -0.2) is 0 Å². The van der Waals surface area contributed by atoms with E-state index in [1.165, 1.54) is 0 Å². The van der Waals surface area contributed by atoms with E-state index in [2.05, 4.69) is 4.98 Å². The topological polar surface area (TPSA) is 59.1 Å². The molecule has 0 bridgehead atoms. The highest BCUT2D eigenvalue weighted by molar-refractivity contribution is 5.91. The molecule has 0 amide bonds. The van der Waals surface area contributed by atoms with Gasteiger partial charge in [0.25, 0.3) is 0 Å². The molecule has 0 fully saturated rings. The number of rotatable bonds is 1. The van der Waals surface area contributed by atoms with Gasteiger partial charge in [-0.2, -0.15) is 0 Å². The van der Waals surface area contributed by atoms with Crippen molar-refractivity contribution in [3.63, 3.8) is 0 Å². The third kappa shape index (κ3) is 1.32. The summed E-state index contributed by atoms with van der Waals surface area (Å²) in [5, 5.41) is 9.92. The maximum absolute atomic E-state index is 9.01. The van der Waals surface area contributed by atoms with Crippen molar-refractivity contribution in [3.8, 4) is 0 Å². The molecule has 0 aliphatic rings. The van der Waals surface area contributed by atoms with Gasteiger partial charge in [0, 0.05) is 22.8 Å². The minimum absolute atomic E-state index is 0.0668. The van der Waals surface area contributed by atoms with Crippen LogP contribution in [-0.4, -0.2) is 10.1 Å². The van der Waals surface area contributed by atoms with Crippen LogP contribution >= 0.6 is 0 Å². The van der Waals surface area contributed by atoms with Gasteiger partial charge in [-0.15, -0.1) is 0 Å². The average molecular weight is 188 g/mol. The molecule has 0 saturated carbocycles. The van der Waals surface area contributed by atoms with E-state index >= 15 is 0 Å². The zero-order valence-corrected chi connectivity index (χ0v) is 7.99. The molecule has 0 spiro atoms. The number of aliphatic hydroxyl groups excluding tert-OH is 1. The van der Waals surface area contributed by atoms with E-state index in [4.69, 9.17) is 10.8 Å². The van der Waals surface area contributed by atoms with Crippen LogP contribution in [0.25, 0.3) is 10.9 Å². The van der Waals surface area contributed by atoms with E-state index in [-0.39, 0.29) is 6.61 Å². The predicted octanol–water partition coefficient (Wildman–Crippen LogP) is 1.62. The molecule has 3 nitrogen and oxygen atoms in total. The molecule has 1 heterocycles. The van der Waals surface area contributed by atoms with Crippen LogP contribution in [0.3, 0.4) is 0 Å². The number of hydrogen-bond acceptors (Lipinski definition) is 3.